The predicted molar refractivity (Wildman–Crippen MR) is 143 cm³/mol. The summed E-state index contributed by atoms with van der Waals surface area (Å²) < 4.78 is 7.50. The first-order chi connectivity index (χ1) is 16.8. The van der Waals surface area contributed by atoms with E-state index in [2.05, 4.69) is 26.7 Å². The van der Waals surface area contributed by atoms with Crippen molar-refractivity contribution in [1.29, 1.82) is 0 Å². The summed E-state index contributed by atoms with van der Waals surface area (Å²) in [5.41, 5.74) is 0.860. The lowest BCUT2D eigenvalue weighted by Crippen LogP contribution is -2.38. The lowest BCUT2D eigenvalue weighted by Gasteiger charge is -2.27. The van der Waals surface area contributed by atoms with Gasteiger partial charge in [-0.25, -0.2) is 14.1 Å². The maximum atomic E-state index is 13.4. The molecule has 1 aliphatic carbocycles. The molecule has 190 valence electrons. The Morgan fingerprint density at radius 2 is 1.91 bits per heavy atom. The number of thioether (sulfide) groups is 1. The van der Waals surface area contributed by atoms with Gasteiger partial charge in [0.25, 0.3) is 0 Å². The topological polar surface area (TPSA) is 95.0 Å². The minimum absolute atomic E-state index is 0.214. The summed E-state index contributed by atoms with van der Waals surface area (Å²) in [6, 6.07) is 7.94. The van der Waals surface area contributed by atoms with Crippen molar-refractivity contribution in [1.82, 2.24) is 9.29 Å². The molecular weight excluding hydrogens is 504 g/mol. The van der Waals surface area contributed by atoms with Crippen molar-refractivity contribution in [2.45, 2.75) is 53.4 Å². The number of morpholine rings is 1. The quantitative estimate of drug-likeness (QED) is 0.313. The molecule has 2 N–H and O–H groups in total. The Balaban J connectivity index is 1.44. The number of hydrogen-bond acceptors (Lipinski definition) is 8. The third kappa shape index (κ3) is 7.36. The first kappa shape index (κ1) is 26.3. The van der Waals surface area contributed by atoms with Gasteiger partial charge in [0.2, 0.25) is 0 Å². The van der Waals surface area contributed by atoms with Crippen LogP contribution < -0.4 is 10.2 Å². The van der Waals surface area contributed by atoms with E-state index in [0.717, 1.165) is 53.9 Å². The highest BCUT2D eigenvalue weighted by atomic mass is 32.2. The zero-order valence-electron chi connectivity index (χ0n) is 20.1. The van der Waals surface area contributed by atoms with Crippen molar-refractivity contribution in [2.24, 2.45) is 5.92 Å². The van der Waals surface area contributed by atoms with Crippen molar-refractivity contribution in [3.63, 3.8) is 0 Å². The molecule has 11 heteroatoms. The molecule has 0 atom stereocenters. The van der Waals surface area contributed by atoms with E-state index >= 15 is 0 Å². The number of hydrogen-bond donors (Lipinski definition) is 2. The summed E-state index contributed by atoms with van der Waals surface area (Å²) in [5.74, 6) is -0.401. The van der Waals surface area contributed by atoms with Gasteiger partial charge in [0.1, 0.15) is 4.75 Å². The number of thiazole rings is 1. The number of carboxylic acids is 1. The molecule has 0 spiro atoms. The number of amides is 2. The van der Waals surface area contributed by atoms with E-state index in [4.69, 9.17) is 4.74 Å². The molecule has 35 heavy (non-hydrogen) atoms. The van der Waals surface area contributed by atoms with Crippen LogP contribution in [0.5, 0.6) is 0 Å². The fourth-order valence-electron chi connectivity index (χ4n) is 4.05. The van der Waals surface area contributed by atoms with Gasteiger partial charge in [0, 0.05) is 30.2 Å². The maximum absolute atomic E-state index is 13.4. The van der Waals surface area contributed by atoms with E-state index in [0.29, 0.717) is 17.6 Å². The third-order valence-corrected chi connectivity index (χ3v) is 9.39. The third-order valence-electron chi connectivity index (χ3n) is 6.08. The van der Waals surface area contributed by atoms with Crippen LogP contribution in [0.2, 0.25) is 0 Å². The van der Waals surface area contributed by atoms with Crippen LogP contribution in [0.4, 0.5) is 15.6 Å². The van der Waals surface area contributed by atoms with Crippen LogP contribution in [-0.4, -0.2) is 64.0 Å². The second-order valence-corrected chi connectivity index (χ2v) is 13.3. The number of ether oxygens (including phenoxy) is 1. The molecule has 1 aliphatic heterocycles. The number of rotatable bonds is 9. The molecule has 2 aromatic rings. The molecule has 0 unspecified atom stereocenters. The van der Waals surface area contributed by atoms with E-state index in [1.165, 1.54) is 35.9 Å². The smallest absolute Gasteiger partial charge is 0.328 e. The van der Waals surface area contributed by atoms with E-state index < -0.39 is 10.7 Å². The van der Waals surface area contributed by atoms with E-state index in [1.807, 2.05) is 17.0 Å². The van der Waals surface area contributed by atoms with Crippen LogP contribution in [0.25, 0.3) is 0 Å². The largest absolute Gasteiger partial charge is 0.480 e. The van der Waals surface area contributed by atoms with E-state index in [1.54, 1.807) is 32.0 Å². The van der Waals surface area contributed by atoms with Gasteiger partial charge in [0.15, 0.2) is 5.13 Å². The zero-order valence-corrected chi connectivity index (χ0v) is 22.5. The number of carbonyl (C=O) groups excluding carboxylic acids is 1. The average Bonchev–Trinajstić information content (AvgIpc) is 3.50. The lowest BCUT2D eigenvalue weighted by molar-refractivity contribution is -0.138. The highest BCUT2D eigenvalue weighted by Crippen LogP contribution is 2.38. The molecule has 1 saturated heterocycles. The highest BCUT2D eigenvalue weighted by Gasteiger charge is 2.30. The summed E-state index contributed by atoms with van der Waals surface area (Å²) in [6.07, 6.45) is 6.31. The molecular formula is C24H32N4O4S3. The molecule has 1 aromatic carbocycles. The molecule has 0 bridgehead atoms. The number of carbonyl (C=O) groups is 2. The van der Waals surface area contributed by atoms with Gasteiger partial charge in [-0.05, 0) is 68.8 Å². The first-order valence-electron chi connectivity index (χ1n) is 11.9. The van der Waals surface area contributed by atoms with Gasteiger partial charge in [-0.1, -0.05) is 35.9 Å². The minimum Gasteiger partial charge on any atom is -0.480 e. The zero-order chi connectivity index (χ0) is 24.8. The summed E-state index contributed by atoms with van der Waals surface area (Å²) >= 11 is 4.24. The van der Waals surface area contributed by atoms with Crippen LogP contribution in [0.1, 0.15) is 39.5 Å². The molecule has 0 radical (unpaired) electrons. The number of benzene rings is 1. The van der Waals surface area contributed by atoms with Crippen LogP contribution >= 0.6 is 35.0 Å². The van der Waals surface area contributed by atoms with Crippen molar-refractivity contribution >= 4 is 57.9 Å². The number of urea groups is 1. The number of nitrogens with zero attached hydrogens (tertiary/aromatic N) is 3. The molecule has 1 saturated carbocycles. The van der Waals surface area contributed by atoms with Crippen molar-refractivity contribution < 1.29 is 19.4 Å². The molecule has 2 amide bonds. The fraction of sp³-hybridized carbons (Fsp3) is 0.542. The van der Waals surface area contributed by atoms with Gasteiger partial charge < -0.3 is 9.84 Å². The van der Waals surface area contributed by atoms with Crippen LogP contribution in [-0.2, 0) is 9.53 Å². The molecule has 2 heterocycles. The monoisotopic (exact) mass is 536 g/mol. The second-order valence-electron chi connectivity index (χ2n) is 9.22. The Bertz CT molecular complexity index is 1000. The number of carboxylic acid groups (broad SMARTS) is 1. The van der Waals surface area contributed by atoms with Gasteiger partial charge >= 0.3 is 12.0 Å². The van der Waals surface area contributed by atoms with Crippen molar-refractivity contribution in [3.05, 3.63) is 30.5 Å². The number of anilines is 2. The predicted octanol–water partition coefficient (Wildman–Crippen LogP) is 5.67. The number of aliphatic carboxylic acids is 1. The highest BCUT2D eigenvalue weighted by molar-refractivity contribution is 8.03. The summed E-state index contributed by atoms with van der Waals surface area (Å²) in [7, 11) is 0. The maximum Gasteiger partial charge on any atom is 0.328 e. The standard InChI is InChI=1S/C24H32N4O4S3/c1-24(2,21(29)30)34-20-15-25-22(33-20)26-23(31)28(16-17-5-3-4-6-17)18-7-9-19(10-8-18)35-27-11-13-32-14-12-27/h7-10,15,17H,3-6,11-14,16H2,1-2H3,(H,29,30)(H,25,26,31). The fourth-order valence-corrected chi connectivity index (χ4v) is 7.20. The molecule has 4 rings (SSSR count). The van der Waals surface area contributed by atoms with Crippen molar-refractivity contribution in [2.75, 3.05) is 43.1 Å². The van der Waals surface area contributed by atoms with Crippen molar-refractivity contribution in [3.8, 4) is 0 Å². The molecule has 2 aliphatic rings. The van der Waals surface area contributed by atoms with Crippen LogP contribution in [0, 0.1) is 5.92 Å². The number of nitrogens with one attached hydrogen (secondary N) is 1. The summed E-state index contributed by atoms with van der Waals surface area (Å²) in [4.78, 5) is 32.1. The average molecular weight is 537 g/mol. The van der Waals surface area contributed by atoms with Crippen LogP contribution in [0.15, 0.2) is 39.6 Å². The Morgan fingerprint density at radius 3 is 2.57 bits per heavy atom. The van der Waals surface area contributed by atoms with Gasteiger partial charge in [-0.3, -0.25) is 15.0 Å². The molecule has 2 fully saturated rings. The lowest BCUT2D eigenvalue weighted by atomic mass is 10.1. The van der Waals surface area contributed by atoms with Gasteiger partial charge in [0.05, 0.1) is 23.6 Å². The van der Waals surface area contributed by atoms with E-state index in [9.17, 15) is 14.7 Å². The van der Waals surface area contributed by atoms with Gasteiger partial charge in [-0.15, -0.1) is 0 Å². The first-order valence-corrected chi connectivity index (χ1v) is 14.3. The second kappa shape index (κ2) is 12.0. The summed E-state index contributed by atoms with van der Waals surface area (Å²) in [5, 5.41) is 12.8. The number of aromatic nitrogens is 1. The normalized spacial score (nSPS) is 17.4. The van der Waals surface area contributed by atoms with Crippen LogP contribution in [0.3, 0.4) is 0 Å². The Labute approximate surface area is 218 Å². The Morgan fingerprint density at radius 1 is 1.23 bits per heavy atom. The SMILES string of the molecule is CC(C)(Sc1cnc(NC(=O)N(CC2CCCC2)c2ccc(SN3CCOCC3)cc2)s1)C(=O)O. The minimum atomic E-state index is -0.969. The summed E-state index contributed by atoms with van der Waals surface area (Å²) in [6.45, 7) is 7.29. The Hall–Kier alpha value is -1.79. The Kier molecular flexibility index (Phi) is 8.98. The molecule has 1 aromatic heterocycles. The molecule has 8 nitrogen and oxygen atoms in total. The van der Waals surface area contributed by atoms with E-state index in [-0.39, 0.29) is 6.03 Å². The van der Waals surface area contributed by atoms with Gasteiger partial charge in [-0.2, -0.15) is 0 Å².